The van der Waals surface area contributed by atoms with Crippen molar-refractivity contribution in [1.82, 2.24) is 0 Å². The third-order valence-corrected chi connectivity index (χ3v) is 5.98. The van der Waals surface area contributed by atoms with Gasteiger partial charge in [-0.15, -0.1) is 0 Å². The van der Waals surface area contributed by atoms with E-state index >= 15 is 0 Å². The molecule has 1 aliphatic heterocycles. The summed E-state index contributed by atoms with van der Waals surface area (Å²) in [6.45, 7) is 11.8. The topological polar surface area (TPSA) is 58.6 Å². The summed E-state index contributed by atoms with van der Waals surface area (Å²) in [6, 6.07) is 19.0. The number of aryl methyl sites for hydroxylation is 4. The molecule has 0 unspecified atom stereocenters. The standard InChI is InChI=1S/C29H30N2O3/c1-17(2)34-24-13-11-23(12-14-24)30-27-26(22-10-9-19(4)21(6)16-22)28(32)31(29(27)33)25-15-18(3)7-8-20(25)5/h7-17,30H,1-6H3. The number of benzene rings is 3. The number of amides is 2. The van der Waals surface area contributed by atoms with Crippen molar-refractivity contribution in [3.63, 3.8) is 0 Å². The molecule has 5 nitrogen and oxygen atoms in total. The summed E-state index contributed by atoms with van der Waals surface area (Å²) >= 11 is 0. The van der Waals surface area contributed by atoms with Gasteiger partial charge in [0.1, 0.15) is 11.4 Å². The van der Waals surface area contributed by atoms with Crippen molar-refractivity contribution in [2.24, 2.45) is 0 Å². The van der Waals surface area contributed by atoms with Crippen molar-refractivity contribution in [1.29, 1.82) is 0 Å². The van der Waals surface area contributed by atoms with E-state index in [1.807, 2.05) is 102 Å². The van der Waals surface area contributed by atoms with E-state index in [9.17, 15) is 9.59 Å². The molecule has 0 aliphatic carbocycles. The summed E-state index contributed by atoms with van der Waals surface area (Å²) in [5.74, 6) is 0.0494. The molecular formula is C29H30N2O3. The van der Waals surface area contributed by atoms with Crippen LogP contribution >= 0.6 is 0 Å². The first-order valence-electron chi connectivity index (χ1n) is 11.5. The van der Waals surface area contributed by atoms with Crippen LogP contribution in [-0.4, -0.2) is 17.9 Å². The van der Waals surface area contributed by atoms with Crippen LogP contribution in [0.15, 0.2) is 66.4 Å². The Labute approximate surface area is 201 Å². The second-order valence-corrected chi connectivity index (χ2v) is 9.10. The van der Waals surface area contributed by atoms with E-state index in [-0.39, 0.29) is 23.6 Å². The molecule has 0 aromatic heterocycles. The van der Waals surface area contributed by atoms with Crippen LogP contribution in [-0.2, 0) is 9.59 Å². The smallest absolute Gasteiger partial charge is 0.282 e. The number of carbonyl (C=O) groups is 2. The number of hydrogen-bond acceptors (Lipinski definition) is 4. The Bertz CT molecular complexity index is 1300. The highest BCUT2D eigenvalue weighted by molar-refractivity contribution is 6.46. The molecule has 5 heteroatoms. The Morgan fingerprint density at radius 1 is 0.765 bits per heavy atom. The summed E-state index contributed by atoms with van der Waals surface area (Å²) in [5.41, 5.74) is 6.71. The number of ether oxygens (including phenoxy) is 1. The van der Waals surface area contributed by atoms with Crippen molar-refractivity contribution in [3.05, 3.63) is 94.2 Å². The van der Waals surface area contributed by atoms with Gasteiger partial charge in [-0.2, -0.15) is 0 Å². The van der Waals surface area contributed by atoms with Crippen molar-refractivity contribution in [2.75, 3.05) is 10.2 Å². The van der Waals surface area contributed by atoms with Crippen LogP contribution in [0.2, 0.25) is 0 Å². The fourth-order valence-electron chi connectivity index (χ4n) is 4.02. The number of nitrogens with one attached hydrogen (secondary N) is 1. The predicted molar refractivity (Wildman–Crippen MR) is 137 cm³/mol. The average Bonchev–Trinajstić information content (AvgIpc) is 3.02. The summed E-state index contributed by atoms with van der Waals surface area (Å²) in [6.07, 6.45) is 0.0676. The quantitative estimate of drug-likeness (QED) is 0.457. The SMILES string of the molecule is Cc1ccc(C)c(N2C(=O)C(Nc3ccc(OC(C)C)cc3)=C(c3ccc(C)c(C)c3)C2=O)c1. The van der Waals surface area contributed by atoms with E-state index in [0.717, 1.165) is 33.6 Å². The molecule has 1 heterocycles. The maximum atomic E-state index is 13.7. The van der Waals surface area contributed by atoms with E-state index in [1.165, 1.54) is 4.90 Å². The molecule has 4 rings (SSSR count). The Morgan fingerprint density at radius 3 is 2.09 bits per heavy atom. The van der Waals surface area contributed by atoms with Crippen LogP contribution in [0.5, 0.6) is 5.75 Å². The van der Waals surface area contributed by atoms with Crippen LogP contribution < -0.4 is 15.0 Å². The molecule has 34 heavy (non-hydrogen) atoms. The largest absolute Gasteiger partial charge is 0.491 e. The molecular weight excluding hydrogens is 424 g/mol. The van der Waals surface area contributed by atoms with Crippen LogP contribution in [0, 0.1) is 27.7 Å². The van der Waals surface area contributed by atoms with E-state index in [0.29, 0.717) is 16.9 Å². The molecule has 3 aromatic rings. The van der Waals surface area contributed by atoms with Crippen LogP contribution in [0.4, 0.5) is 11.4 Å². The normalized spacial score (nSPS) is 13.8. The lowest BCUT2D eigenvalue weighted by Gasteiger charge is -2.18. The van der Waals surface area contributed by atoms with Crippen molar-refractivity contribution in [3.8, 4) is 5.75 Å². The van der Waals surface area contributed by atoms with Gasteiger partial charge in [0, 0.05) is 5.69 Å². The molecule has 174 valence electrons. The Hall–Kier alpha value is -3.86. The first-order valence-corrected chi connectivity index (χ1v) is 11.5. The predicted octanol–water partition coefficient (Wildman–Crippen LogP) is 6.10. The third kappa shape index (κ3) is 4.46. The number of carbonyl (C=O) groups excluding carboxylic acids is 2. The van der Waals surface area contributed by atoms with E-state index in [4.69, 9.17) is 4.74 Å². The molecule has 0 saturated carbocycles. The van der Waals surface area contributed by atoms with Gasteiger partial charge in [0.05, 0.1) is 17.4 Å². The molecule has 1 aliphatic rings. The zero-order valence-corrected chi connectivity index (χ0v) is 20.5. The number of hydrogen-bond donors (Lipinski definition) is 1. The second kappa shape index (κ2) is 9.18. The van der Waals surface area contributed by atoms with Gasteiger partial charge in [0.15, 0.2) is 0 Å². The zero-order chi connectivity index (χ0) is 24.6. The van der Waals surface area contributed by atoms with Crippen molar-refractivity contribution < 1.29 is 14.3 Å². The van der Waals surface area contributed by atoms with Crippen LogP contribution in [0.3, 0.4) is 0 Å². The van der Waals surface area contributed by atoms with Gasteiger partial charge in [0.25, 0.3) is 11.8 Å². The van der Waals surface area contributed by atoms with Gasteiger partial charge in [-0.3, -0.25) is 9.59 Å². The van der Waals surface area contributed by atoms with Gasteiger partial charge < -0.3 is 10.1 Å². The second-order valence-electron chi connectivity index (χ2n) is 9.10. The molecule has 0 radical (unpaired) electrons. The van der Waals surface area contributed by atoms with Gasteiger partial charge in [-0.25, -0.2) is 4.90 Å². The number of imide groups is 1. The van der Waals surface area contributed by atoms with Crippen molar-refractivity contribution in [2.45, 2.75) is 47.6 Å². The van der Waals surface area contributed by atoms with Crippen LogP contribution in [0.25, 0.3) is 5.57 Å². The Balaban J connectivity index is 1.79. The molecule has 0 bridgehead atoms. The highest BCUT2D eigenvalue weighted by Gasteiger charge is 2.41. The first kappa shape index (κ1) is 23.3. The van der Waals surface area contributed by atoms with Gasteiger partial charge >= 0.3 is 0 Å². The lowest BCUT2D eigenvalue weighted by atomic mass is 9.99. The summed E-state index contributed by atoms with van der Waals surface area (Å²) in [4.78, 5) is 28.7. The number of nitrogens with zero attached hydrogens (tertiary/aromatic N) is 1. The molecule has 0 saturated heterocycles. The number of rotatable bonds is 6. The molecule has 0 fully saturated rings. The molecule has 0 atom stereocenters. The highest BCUT2D eigenvalue weighted by atomic mass is 16.5. The summed E-state index contributed by atoms with van der Waals surface area (Å²) in [5, 5.41) is 3.23. The fraction of sp³-hybridized carbons (Fsp3) is 0.241. The minimum absolute atomic E-state index is 0.0676. The molecule has 3 aromatic carbocycles. The maximum Gasteiger partial charge on any atom is 0.282 e. The van der Waals surface area contributed by atoms with E-state index in [1.54, 1.807) is 0 Å². The summed E-state index contributed by atoms with van der Waals surface area (Å²) in [7, 11) is 0. The zero-order valence-electron chi connectivity index (χ0n) is 20.5. The lowest BCUT2D eigenvalue weighted by Crippen LogP contribution is -2.33. The number of anilines is 2. The minimum atomic E-state index is -0.366. The first-order chi connectivity index (χ1) is 16.2. The fourth-order valence-corrected chi connectivity index (χ4v) is 4.02. The molecule has 1 N–H and O–H groups in total. The molecule has 0 spiro atoms. The lowest BCUT2D eigenvalue weighted by molar-refractivity contribution is -0.120. The Morgan fingerprint density at radius 2 is 1.44 bits per heavy atom. The van der Waals surface area contributed by atoms with Gasteiger partial charge in [0.2, 0.25) is 0 Å². The highest BCUT2D eigenvalue weighted by Crippen LogP contribution is 2.36. The van der Waals surface area contributed by atoms with E-state index in [2.05, 4.69) is 5.32 Å². The maximum absolute atomic E-state index is 13.7. The average molecular weight is 455 g/mol. The van der Waals surface area contributed by atoms with Gasteiger partial charge in [-0.05, 0) is 99.7 Å². The van der Waals surface area contributed by atoms with Gasteiger partial charge in [-0.1, -0.05) is 30.3 Å². The van der Waals surface area contributed by atoms with E-state index < -0.39 is 0 Å². The monoisotopic (exact) mass is 454 g/mol. The third-order valence-electron chi connectivity index (χ3n) is 5.98. The molecule has 2 amide bonds. The summed E-state index contributed by atoms with van der Waals surface area (Å²) < 4.78 is 5.72. The van der Waals surface area contributed by atoms with Crippen LogP contribution in [0.1, 0.15) is 41.7 Å². The minimum Gasteiger partial charge on any atom is -0.491 e. The van der Waals surface area contributed by atoms with Crippen molar-refractivity contribution >= 4 is 28.8 Å². The Kier molecular flexibility index (Phi) is 6.29.